The summed E-state index contributed by atoms with van der Waals surface area (Å²) in [5, 5.41) is 5.40. The second kappa shape index (κ2) is 5.07. The van der Waals surface area contributed by atoms with Crippen LogP contribution in [0.3, 0.4) is 0 Å². The Morgan fingerprint density at radius 2 is 1.82 bits per heavy atom. The van der Waals surface area contributed by atoms with Gasteiger partial charge in [0.2, 0.25) is 0 Å². The first-order valence-corrected chi connectivity index (χ1v) is 5.13. The molecule has 2 amide bonds. The SMILES string of the molecule is COc1ccc(NC(=O)Nc2cc[nH]c2)cc1. The number of carbonyl (C=O) groups excluding carboxylic acids is 1. The van der Waals surface area contributed by atoms with E-state index < -0.39 is 0 Å². The summed E-state index contributed by atoms with van der Waals surface area (Å²) < 4.78 is 5.03. The zero-order valence-corrected chi connectivity index (χ0v) is 9.36. The van der Waals surface area contributed by atoms with E-state index in [-0.39, 0.29) is 6.03 Å². The lowest BCUT2D eigenvalue weighted by molar-refractivity contribution is 0.262. The van der Waals surface area contributed by atoms with Crippen LogP contribution in [0.1, 0.15) is 0 Å². The molecule has 0 aliphatic carbocycles. The molecule has 1 aromatic heterocycles. The average molecular weight is 231 g/mol. The fraction of sp³-hybridized carbons (Fsp3) is 0.0833. The molecule has 0 atom stereocenters. The highest BCUT2D eigenvalue weighted by atomic mass is 16.5. The molecular weight excluding hydrogens is 218 g/mol. The number of carbonyl (C=O) groups is 1. The number of hydrogen-bond acceptors (Lipinski definition) is 2. The molecule has 1 aromatic carbocycles. The summed E-state index contributed by atoms with van der Waals surface area (Å²) >= 11 is 0. The molecule has 0 aliphatic heterocycles. The van der Waals surface area contributed by atoms with Crippen molar-refractivity contribution < 1.29 is 9.53 Å². The van der Waals surface area contributed by atoms with Crippen LogP contribution < -0.4 is 15.4 Å². The van der Waals surface area contributed by atoms with Crippen LogP contribution in [0.25, 0.3) is 0 Å². The summed E-state index contributed by atoms with van der Waals surface area (Å²) in [6, 6.07) is 8.60. The molecule has 0 saturated carbocycles. The van der Waals surface area contributed by atoms with Gasteiger partial charge in [-0.05, 0) is 30.3 Å². The molecule has 5 nitrogen and oxygen atoms in total. The standard InChI is InChI=1S/C12H13N3O2/c1-17-11-4-2-9(3-5-11)14-12(16)15-10-6-7-13-8-10/h2-8,13H,1H3,(H2,14,15,16). The zero-order valence-electron chi connectivity index (χ0n) is 9.36. The number of urea groups is 1. The van der Waals surface area contributed by atoms with Gasteiger partial charge in [0, 0.05) is 18.1 Å². The van der Waals surface area contributed by atoms with E-state index in [1.54, 1.807) is 49.8 Å². The number of aromatic amines is 1. The maximum Gasteiger partial charge on any atom is 0.323 e. The van der Waals surface area contributed by atoms with Crippen LogP contribution in [0.2, 0.25) is 0 Å². The Kier molecular flexibility index (Phi) is 3.30. The van der Waals surface area contributed by atoms with Gasteiger partial charge in [-0.25, -0.2) is 4.79 Å². The van der Waals surface area contributed by atoms with Crippen LogP contribution >= 0.6 is 0 Å². The molecule has 2 aromatic rings. The van der Waals surface area contributed by atoms with Gasteiger partial charge < -0.3 is 20.4 Å². The highest BCUT2D eigenvalue weighted by Gasteiger charge is 2.02. The molecule has 0 unspecified atom stereocenters. The van der Waals surface area contributed by atoms with Crippen molar-refractivity contribution in [3.8, 4) is 5.75 Å². The largest absolute Gasteiger partial charge is 0.497 e. The minimum atomic E-state index is -0.283. The van der Waals surface area contributed by atoms with Crippen LogP contribution in [0.4, 0.5) is 16.2 Å². The molecule has 5 heteroatoms. The molecule has 0 saturated heterocycles. The van der Waals surface area contributed by atoms with Crippen molar-refractivity contribution in [2.45, 2.75) is 0 Å². The Hall–Kier alpha value is -2.43. The Labute approximate surface area is 98.8 Å². The van der Waals surface area contributed by atoms with Gasteiger partial charge in [0.05, 0.1) is 12.8 Å². The number of ether oxygens (including phenoxy) is 1. The van der Waals surface area contributed by atoms with E-state index in [0.29, 0.717) is 5.69 Å². The highest BCUT2D eigenvalue weighted by molar-refractivity contribution is 5.99. The van der Waals surface area contributed by atoms with E-state index in [9.17, 15) is 4.79 Å². The van der Waals surface area contributed by atoms with Crippen LogP contribution in [0.15, 0.2) is 42.7 Å². The second-order valence-electron chi connectivity index (χ2n) is 3.41. The van der Waals surface area contributed by atoms with Gasteiger partial charge in [-0.2, -0.15) is 0 Å². The molecule has 3 N–H and O–H groups in total. The summed E-state index contributed by atoms with van der Waals surface area (Å²) in [7, 11) is 1.60. The van der Waals surface area contributed by atoms with Gasteiger partial charge in [0.15, 0.2) is 0 Å². The minimum absolute atomic E-state index is 0.283. The van der Waals surface area contributed by atoms with Crippen molar-refractivity contribution in [1.29, 1.82) is 0 Å². The number of aromatic nitrogens is 1. The van der Waals surface area contributed by atoms with E-state index in [2.05, 4.69) is 15.6 Å². The van der Waals surface area contributed by atoms with Crippen molar-refractivity contribution >= 4 is 17.4 Å². The number of methoxy groups -OCH3 is 1. The first-order valence-electron chi connectivity index (χ1n) is 5.13. The molecule has 0 aliphatic rings. The third kappa shape index (κ3) is 3.01. The topological polar surface area (TPSA) is 66.2 Å². The van der Waals surface area contributed by atoms with Crippen LogP contribution in [-0.4, -0.2) is 18.1 Å². The van der Waals surface area contributed by atoms with Gasteiger partial charge >= 0.3 is 6.03 Å². The van der Waals surface area contributed by atoms with Crippen LogP contribution in [0, 0.1) is 0 Å². The molecule has 0 fully saturated rings. The quantitative estimate of drug-likeness (QED) is 0.760. The maximum atomic E-state index is 11.6. The Bertz CT molecular complexity index is 477. The third-order valence-electron chi connectivity index (χ3n) is 2.20. The number of hydrogen-bond donors (Lipinski definition) is 3. The van der Waals surface area contributed by atoms with Gasteiger partial charge in [0.1, 0.15) is 5.75 Å². The zero-order chi connectivity index (χ0) is 12.1. The number of nitrogens with one attached hydrogen (secondary N) is 3. The lowest BCUT2D eigenvalue weighted by Crippen LogP contribution is -2.18. The molecule has 1 heterocycles. The van der Waals surface area contributed by atoms with Crippen molar-refractivity contribution in [3.63, 3.8) is 0 Å². The summed E-state index contributed by atoms with van der Waals surface area (Å²) in [5.74, 6) is 0.751. The maximum absolute atomic E-state index is 11.6. The Balaban J connectivity index is 1.93. The Morgan fingerprint density at radius 3 is 2.41 bits per heavy atom. The average Bonchev–Trinajstić information content (AvgIpc) is 2.82. The van der Waals surface area contributed by atoms with Crippen LogP contribution in [-0.2, 0) is 0 Å². The monoisotopic (exact) mass is 231 g/mol. The van der Waals surface area contributed by atoms with Crippen molar-refractivity contribution in [2.75, 3.05) is 17.7 Å². The smallest absolute Gasteiger partial charge is 0.323 e. The first kappa shape index (κ1) is 11.1. The fourth-order valence-corrected chi connectivity index (χ4v) is 1.37. The van der Waals surface area contributed by atoms with Gasteiger partial charge in [-0.15, -0.1) is 0 Å². The number of rotatable bonds is 3. The predicted octanol–water partition coefficient (Wildman–Crippen LogP) is 2.67. The van der Waals surface area contributed by atoms with Crippen molar-refractivity contribution in [3.05, 3.63) is 42.7 Å². The predicted molar refractivity (Wildman–Crippen MR) is 66.4 cm³/mol. The van der Waals surface area contributed by atoms with E-state index >= 15 is 0 Å². The summed E-state index contributed by atoms with van der Waals surface area (Å²) in [6.45, 7) is 0. The second-order valence-corrected chi connectivity index (χ2v) is 3.41. The molecule has 0 bridgehead atoms. The lowest BCUT2D eigenvalue weighted by atomic mass is 10.3. The molecule has 2 rings (SSSR count). The van der Waals surface area contributed by atoms with Gasteiger partial charge in [0.25, 0.3) is 0 Å². The first-order chi connectivity index (χ1) is 8.28. The Morgan fingerprint density at radius 1 is 1.12 bits per heavy atom. The molecule has 0 spiro atoms. The fourth-order valence-electron chi connectivity index (χ4n) is 1.37. The molecule has 17 heavy (non-hydrogen) atoms. The minimum Gasteiger partial charge on any atom is -0.497 e. The molecule has 0 radical (unpaired) electrons. The van der Waals surface area contributed by atoms with Gasteiger partial charge in [-0.1, -0.05) is 0 Å². The van der Waals surface area contributed by atoms with Crippen molar-refractivity contribution in [1.82, 2.24) is 4.98 Å². The van der Waals surface area contributed by atoms with Crippen LogP contribution in [0.5, 0.6) is 5.75 Å². The van der Waals surface area contributed by atoms with E-state index in [1.807, 2.05) is 0 Å². The number of benzene rings is 1. The highest BCUT2D eigenvalue weighted by Crippen LogP contribution is 2.15. The number of H-pyrrole nitrogens is 1. The van der Waals surface area contributed by atoms with E-state index in [0.717, 1.165) is 11.4 Å². The lowest BCUT2D eigenvalue weighted by Gasteiger charge is -2.06. The molecular formula is C12H13N3O2. The van der Waals surface area contributed by atoms with E-state index in [1.165, 1.54) is 0 Å². The van der Waals surface area contributed by atoms with Gasteiger partial charge in [-0.3, -0.25) is 0 Å². The van der Waals surface area contributed by atoms with E-state index in [4.69, 9.17) is 4.74 Å². The normalized spacial score (nSPS) is 9.71. The van der Waals surface area contributed by atoms with Crippen molar-refractivity contribution in [2.24, 2.45) is 0 Å². The number of anilines is 2. The summed E-state index contributed by atoms with van der Waals surface area (Å²) in [5.41, 5.74) is 1.43. The summed E-state index contributed by atoms with van der Waals surface area (Å²) in [6.07, 6.45) is 3.44. The molecule has 88 valence electrons. The third-order valence-corrected chi connectivity index (χ3v) is 2.20. The summed E-state index contributed by atoms with van der Waals surface area (Å²) in [4.78, 5) is 14.4. The number of amides is 2.